The van der Waals surface area contributed by atoms with Crippen molar-refractivity contribution < 1.29 is 0 Å². The van der Waals surface area contributed by atoms with Crippen LogP contribution in [0.25, 0.3) is 10.2 Å². The van der Waals surface area contributed by atoms with Crippen molar-refractivity contribution in [1.82, 2.24) is 10.2 Å². The van der Waals surface area contributed by atoms with E-state index in [1.54, 1.807) is 17.5 Å². The molecule has 0 aromatic carbocycles. The Kier molecular flexibility index (Phi) is 1.17. The Bertz CT molecular complexity index is 353. The highest BCUT2D eigenvalue weighted by atomic mass is 32.1. The van der Waals surface area contributed by atoms with Crippen LogP contribution in [0.1, 0.15) is 5.56 Å². The van der Waals surface area contributed by atoms with Gasteiger partial charge >= 0.3 is 0 Å². The first-order valence-corrected chi connectivity index (χ1v) is 3.91. The molecule has 0 fully saturated rings. The van der Waals surface area contributed by atoms with Gasteiger partial charge in [0.15, 0.2) is 0 Å². The van der Waals surface area contributed by atoms with Gasteiger partial charge in [-0.1, -0.05) is 0 Å². The summed E-state index contributed by atoms with van der Waals surface area (Å²) in [5.41, 5.74) is 1.20. The van der Waals surface area contributed by atoms with Crippen LogP contribution in [0.5, 0.6) is 0 Å². The van der Waals surface area contributed by atoms with Crippen molar-refractivity contribution in [2.45, 2.75) is 6.92 Å². The molecule has 0 radical (unpaired) electrons. The maximum absolute atomic E-state index is 3.97. The van der Waals surface area contributed by atoms with Crippen molar-refractivity contribution in [3.8, 4) is 0 Å². The van der Waals surface area contributed by atoms with Gasteiger partial charge in [0.2, 0.25) is 0 Å². The van der Waals surface area contributed by atoms with Crippen molar-refractivity contribution in [3.05, 3.63) is 23.2 Å². The van der Waals surface area contributed by atoms with Gasteiger partial charge in [0.25, 0.3) is 0 Å². The Morgan fingerprint density at radius 3 is 3.20 bits per heavy atom. The third-order valence-electron chi connectivity index (χ3n) is 1.47. The lowest BCUT2D eigenvalue weighted by Gasteiger charge is -1.89. The van der Waals surface area contributed by atoms with Crippen molar-refractivity contribution in [3.63, 3.8) is 0 Å². The first-order valence-electron chi connectivity index (χ1n) is 3.03. The molecule has 10 heavy (non-hydrogen) atoms. The van der Waals surface area contributed by atoms with Gasteiger partial charge in [0.1, 0.15) is 4.83 Å². The monoisotopic (exact) mass is 150 g/mol. The Morgan fingerprint density at radius 2 is 2.40 bits per heavy atom. The number of thiophene rings is 1. The molecule has 2 aromatic heterocycles. The smallest absolute Gasteiger partial charge is 0.146 e. The zero-order chi connectivity index (χ0) is 6.97. The average molecular weight is 150 g/mol. The SMILES string of the molecule is Cc1cnnc2sccc12. The molecule has 0 atom stereocenters. The van der Waals surface area contributed by atoms with Crippen molar-refractivity contribution in [2.75, 3.05) is 0 Å². The minimum Gasteiger partial charge on any atom is -0.157 e. The van der Waals surface area contributed by atoms with Gasteiger partial charge < -0.3 is 0 Å². The number of rotatable bonds is 0. The summed E-state index contributed by atoms with van der Waals surface area (Å²) in [5.74, 6) is 0. The Hall–Kier alpha value is -0.960. The van der Waals surface area contributed by atoms with E-state index in [9.17, 15) is 0 Å². The molecule has 0 aliphatic rings. The van der Waals surface area contributed by atoms with Crippen LogP contribution >= 0.6 is 11.3 Å². The highest BCUT2D eigenvalue weighted by Gasteiger charge is 1.97. The van der Waals surface area contributed by atoms with Crippen LogP contribution in [0.3, 0.4) is 0 Å². The molecular formula is C7H6N2S. The first-order chi connectivity index (χ1) is 4.88. The second-order valence-electron chi connectivity index (χ2n) is 2.17. The topological polar surface area (TPSA) is 25.8 Å². The van der Waals surface area contributed by atoms with Crippen molar-refractivity contribution in [2.24, 2.45) is 0 Å². The summed E-state index contributed by atoms with van der Waals surface area (Å²) in [6.07, 6.45) is 1.79. The zero-order valence-corrected chi connectivity index (χ0v) is 6.35. The lowest BCUT2D eigenvalue weighted by Crippen LogP contribution is -1.80. The molecule has 0 spiro atoms. The maximum Gasteiger partial charge on any atom is 0.146 e. The van der Waals surface area contributed by atoms with Gasteiger partial charge in [-0.3, -0.25) is 0 Å². The van der Waals surface area contributed by atoms with Crippen LogP contribution in [0.15, 0.2) is 17.6 Å². The molecule has 0 amide bonds. The van der Waals surface area contributed by atoms with E-state index in [0.717, 1.165) is 4.83 Å². The second-order valence-corrected chi connectivity index (χ2v) is 3.06. The molecule has 2 heterocycles. The molecule has 3 heteroatoms. The van der Waals surface area contributed by atoms with E-state index in [1.165, 1.54) is 10.9 Å². The van der Waals surface area contributed by atoms with E-state index < -0.39 is 0 Å². The van der Waals surface area contributed by atoms with Crippen LogP contribution < -0.4 is 0 Å². The van der Waals surface area contributed by atoms with E-state index in [1.807, 2.05) is 12.3 Å². The van der Waals surface area contributed by atoms with Gasteiger partial charge in [0.05, 0.1) is 6.20 Å². The third-order valence-corrected chi connectivity index (χ3v) is 2.27. The molecule has 0 unspecified atom stereocenters. The Morgan fingerprint density at radius 1 is 1.50 bits per heavy atom. The van der Waals surface area contributed by atoms with Crippen LogP contribution in [0.2, 0.25) is 0 Å². The highest BCUT2D eigenvalue weighted by molar-refractivity contribution is 7.16. The molecule has 0 bridgehead atoms. The normalized spacial score (nSPS) is 10.5. The van der Waals surface area contributed by atoms with Crippen LogP contribution in [-0.2, 0) is 0 Å². The summed E-state index contributed by atoms with van der Waals surface area (Å²) in [5, 5.41) is 11.1. The van der Waals surface area contributed by atoms with Gasteiger partial charge in [-0.2, -0.15) is 5.10 Å². The van der Waals surface area contributed by atoms with E-state index in [4.69, 9.17) is 0 Å². The van der Waals surface area contributed by atoms with Crippen molar-refractivity contribution >= 4 is 21.6 Å². The minimum absolute atomic E-state index is 1.03. The van der Waals surface area contributed by atoms with Gasteiger partial charge in [-0.15, -0.1) is 16.4 Å². The number of hydrogen-bond donors (Lipinski definition) is 0. The fourth-order valence-corrected chi connectivity index (χ4v) is 1.70. The van der Waals surface area contributed by atoms with Crippen LogP contribution in [0.4, 0.5) is 0 Å². The molecule has 0 saturated carbocycles. The number of nitrogens with zero attached hydrogens (tertiary/aromatic N) is 2. The second kappa shape index (κ2) is 2.02. The number of aromatic nitrogens is 2. The fraction of sp³-hybridized carbons (Fsp3) is 0.143. The maximum atomic E-state index is 3.97. The summed E-state index contributed by atoms with van der Waals surface area (Å²) in [7, 11) is 0. The molecule has 50 valence electrons. The molecule has 0 aliphatic carbocycles. The Labute approximate surface area is 62.5 Å². The van der Waals surface area contributed by atoms with Gasteiger partial charge in [-0.05, 0) is 23.9 Å². The molecule has 2 nitrogen and oxygen atoms in total. The largest absolute Gasteiger partial charge is 0.157 e. The highest BCUT2D eigenvalue weighted by Crippen LogP contribution is 2.19. The fourth-order valence-electron chi connectivity index (χ4n) is 0.916. The summed E-state index contributed by atoms with van der Waals surface area (Å²) in [4.78, 5) is 1.03. The van der Waals surface area contributed by atoms with Crippen LogP contribution in [0, 0.1) is 6.92 Å². The van der Waals surface area contributed by atoms with E-state index >= 15 is 0 Å². The van der Waals surface area contributed by atoms with E-state index in [0.29, 0.717) is 0 Å². The number of aryl methyl sites for hydroxylation is 1. The number of fused-ring (bicyclic) bond motifs is 1. The first kappa shape index (κ1) is 5.80. The standard InChI is InChI=1S/C7H6N2S/c1-5-4-8-9-7-6(5)2-3-10-7/h2-4H,1H3. The summed E-state index contributed by atoms with van der Waals surface area (Å²) >= 11 is 1.63. The minimum atomic E-state index is 1.03. The van der Waals surface area contributed by atoms with E-state index in [2.05, 4.69) is 16.3 Å². The predicted molar refractivity (Wildman–Crippen MR) is 42.2 cm³/mol. The molecule has 0 aliphatic heterocycles. The zero-order valence-electron chi connectivity index (χ0n) is 5.53. The third kappa shape index (κ3) is 0.708. The number of hydrogen-bond acceptors (Lipinski definition) is 3. The van der Waals surface area contributed by atoms with Crippen LogP contribution in [-0.4, -0.2) is 10.2 Å². The molecular weight excluding hydrogens is 144 g/mol. The summed E-state index contributed by atoms with van der Waals surface area (Å²) < 4.78 is 0. The molecule has 2 rings (SSSR count). The predicted octanol–water partition coefficient (Wildman–Crippen LogP) is 2.00. The van der Waals surface area contributed by atoms with Crippen molar-refractivity contribution in [1.29, 1.82) is 0 Å². The molecule has 0 N–H and O–H groups in total. The quantitative estimate of drug-likeness (QED) is 0.574. The Balaban J connectivity index is 2.95. The summed E-state index contributed by atoms with van der Waals surface area (Å²) in [6, 6.07) is 2.07. The average Bonchev–Trinajstić information content (AvgIpc) is 2.36. The van der Waals surface area contributed by atoms with Gasteiger partial charge in [-0.25, -0.2) is 0 Å². The molecule has 2 aromatic rings. The lowest BCUT2D eigenvalue weighted by molar-refractivity contribution is 1.07. The summed E-state index contributed by atoms with van der Waals surface area (Å²) in [6.45, 7) is 2.05. The van der Waals surface area contributed by atoms with E-state index in [-0.39, 0.29) is 0 Å². The van der Waals surface area contributed by atoms with Gasteiger partial charge in [0, 0.05) is 5.39 Å². The molecule has 0 saturated heterocycles. The lowest BCUT2D eigenvalue weighted by atomic mass is 10.2.